The molecule has 1 heterocycles. The third-order valence-corrected chi connectivity index (χ3v) is 2.96. The molecule has 98 valence electrons. The lowest BCUT2D eigenvalue weighted by molar-refractivity contribution is -0.137. The van der Waals surface area contributed by atoms with E-state index in [0.717, 1.165) is 18.9 Å². The van der Waals surface area contributed by atoms with Crippen molar-refractivity contribution in [3.63, 3.8) is 0 Å². The van der Waals surface area contributed by atoms with Crippen LogP contribution in [0.1, 0.15) is 28.8 Å². The van der Waals surface area contributed by atoms with Gasteiger partial charge in [0.2, 0.25) is 0 Å². The number of halogens is 3. The molecular weight excluding hydrogens is 247 g/mol. The highest BCUT2D eigenvalue weighted by molar-refractivity contribution is 5.89. The van der Waals surface area contributed by atoms with Crippen molar-refractivity contribution in [2.24, 2.45) is 0 Å². The number of nitrogens with zero attached hydrogens (tertiary/aromatic N) is 1. The van der Waals surface area contributed by atoms with E-state index >= 15 is 0 Å². The van der Waals surface area contributed by atoms with Crippen molar-refractivity contribution in [2.75, 3.05) is 18.0 Å². The molecule has 0 saturated carbocycles. The maximum absolute atomic E-state index is 12.7. The summed E-state index contributed by atoms with van der Waals surface area (Å²) >= 11 is 0. The van der Waals surface area contributed by atoms with Gasteiger partial charge in [0, 0.05) is 18.8 Å². The van der Waals surface area contributed by atoms with E-state index < -0.39 is 17.7 Å². The van der Waals surface area contributed by atoms with Crippen LogP contribution in [0.2, 0.25) is 0 Å². The summed E-state index contributed by atoms with van der Waals surface area (Å²) in [7, 11) is 0. The van der Waals surface area contributed by atoms with E-state index in [1.54, 1.807) is 4.90 Å². The molecule has 1 N–H and O–H groups in total. The molecule has 0 unspecified atom stereocenters. The number of hydrogen-bond donors (Lipinski definition) is 1. The summed E-state index contributed by atoms with van der Waals surface area (Å²) < 4.78 is 38.1. The van der Waals surface area contributed by atoms with Crippen LogP contribution in [0.15, 0.2) is 18.2 Å². The van der Waals surface area contributed by atoms with E-state index in [2.05, 4.69) is 0 Å². The monoisotopic (exact) mass is 259 g/mol. The quantitative estimate of drug-likeness (QED) is 0.887. The Bertz CT molecular complexity index is 465. The Morgan fingerprint density at radius 3 is 2.28 bits per heavy atom. The molecule has 0 radical (unpaired) electrons. The van der Waals surface area contributed by atoms with Crippen LogP contribution in [-0.2, 0) is 6.18 Å². The first kappa shape index (κ1) is 12.7. The standard InChI is InChI=1S/C12H12F3NO2/c13-12(14,15)9-5-8(11(17)18)6-10(7-9)16-3-1-2-4-16/h5-7H,1-4H2,(H,17,18). The van der Waals surface area contributed by atoms with Crippen LogP contribution in [0.4, 0.5) is 18.9 Å². The number of anilines is 1. The first-order valence-electron chi connectivity index (χ1n) is 5.58. The molecule has 0 spiro atoms. The second-order valence-electron chi connectivity index (χ2n) is 4.27. The lowest BCUT2D eigenvalue weighted by Gasteiger charge is -2.20. The topological polar surface area (TPSA) is 40.5 Å². The van der Waals surface area contributed by atoms with Crippen molar-refractivity contribution in [3.8, 4) is 0 Å². The minimum absolute atomic E-state index is 0.327. The predicted octanol–water partition coefficient (Wildman–Crippen LogP) is 3.00. The third kappa shape index (κ3) is 2.57. The molecule has 1 aliphatic rings. The number of carboxylic acids is 1. The van der Waals surface area contributed by atoms with Crippen LogP contribution in [0.25, 0.3) is 0 Å². The number of benzene rings is 1. The van der Waals surface area contributed by atoms with Crippen LogP contribution in [0.3, 0.4) is 0 Å². The van der Waals surface area contributed by atoms with Gasteiger partial charge >= 0.3 is 12.1 Å². The number of carbonyl (C=O) groups is 1. The van der Waals surface area contributed by atoms with Gasteiger partial charge in [0.1, 0.15) is 0 Å². The minimum Gasteiger partial charge on any atom is -0.478 e. The van der Waals surface area contributed by atoms with Crippen molar-refractivity contribution < 1.29 is 23.1 Å². The van der Waals surface area contributed by atoms with E-state index in [9.17, 15) is 18.0 Å². The maximum atomic E-state index is 12.7. The number of alkyl halides is 3. The number of aromatic carboxylic acids is 1. The van der Waals surface area contributed by atoms with Crippen LogP contribution >= 0.6 is 0 Å². The van der Waals surface area contributed by atoms with Crippen molar-refractivity contribution >= 4 is 11.7 Å². The number of rotatable bonds is 2. The highest BCUT2D eigenvalue weighted by Crippen LogP contribution is 2.33. The molecule has 2 rings (SSSR count). The van der Waals surface area contributed by atoms with Gasteiger partial charge in [-0.25, -0.2) is 4.79 Å². The lowest BCUT2D eigenvalue weighted by atomic mass is 10.1. The van der Waals surface area contributed by atoms with Crippen molar-refractivity contribution in [1.82, 2.24) is 0 Å². The molecule has 18 heavy (non-hydrogen) atoms. The highest BCUT2D eigenvalue weighted by Gasteiger charge is 2.32. The van der Waals surface area contributed by atoms with Crippen LogP contribution < -0.4 is 4.90 Å². The SMILES string of the molecule is O=C(O)c1cc(N2CCCC2)cc(C(F)(F)F)c1. The molecule has 1 fully saturated rings. The summed E-state index contributed by atoms with van der Waals surface area (Å²) in [5.74, 6) is -1.35. The van der Waals surface area contributed by atoms with Crippen LogP contribution in [0.5, 0.6) is 0 Å². The zero-order valence-electron chi connectivity index (χ0n) is 9.50. The fraction of sp³-hybridized carbons (Fsp3) is 0.417. The summed E-state index contributed by atoms with van der Waals surface area (Å²) in [6.07, 6.45) is -2.70. The van der Waals surface area contributed by atoms with E-state index in [1.807, 2.05) is 0 Å². The fourth-order valence-corrected chi connectivity index (χ4v) is 2.06. The fourth-order valence-electron chi connectivity index (χ4n) is 2.06. The van der Waals surface area contributed by atoms with Crippen LogP contribution in [-0.4, -0.2) is 24.2 Å². The van der Waals surface area contributed by atoms with Crippen LogP contribution in [0, 0.1) is 0 Å². The van der Waals surface area contributed by atoms with Gasteiger partial charge in [0.25, 0.3) is 0 Å². The Morgan fingerprint density at radius 2 is 1.78 bits per heavy atom. The molecule has 1 aliphatic heterocycles. The molecular formula is C12H12F3NO2. The average molecular weight is 259 g/mol. The van der Waals surface area contributed by atoms with Crippen molar-refractivity contribution in [1.29, 1.82) is 0 Å². The average Bonchev–Trinajstić information content (AvgIpc) is 2.80. The summed E-state index contributed by atoms with van der Waals surface area (Å²) in [6.45, 7) is 1.33. The second kappa shape index (κ2) is 4.51. The second-order valence-corrected chi connectivity index (χ2v) is 4.27. The normalized spacial score (nSPS) is 16.1. The van der Waals surface area contributed by atoms with Gasteiger partial charge in [-0.15, -0.1) is 0 Å². The Morgan fingerprint density at radius 1 is 1.17 bits per heavy atom. The molecule has 0 aromatic heterocycles. The third-order valence-electron chi connectivity index (χ3n) is 2.96. The lowest BCUT2D eigenvalue weighted by Crippen LogP contribution is -2.19. The molecule has 0 bridgehead atoms. The largest absolute Gasteiger partial charge is 0.478 e. The molecule has 0 atom stereocenters. The van der Waals surface area contributed by atoms with Gasteiger partial charge < -0.3 is 10.0 Å². The Kier molecular flexibility index (Phi) is 3.19. The first-order chi connectivity index (χ1) is 8.38. The van der Waals surface area contributed by atoms with E-state index in [4.69, 9.17) is 5.11 Å². The zero-order chi connectivity index (χ0) is 13.3. The number of carboxylic acid groups (broad SMARTS) is 1. The Balaban J connectivity index is 2.45. The van der Waals surface area contributed by atoms with Gasteiger partial charge in [-0.3, -0.25) is 0 Å². The summed E-state index contributed by atoms with van der Waals surface area (Å²) in [6, 6.07) is 2.97. The van der Waals surface area contributed by atoms with Gasteiger partial charge in [-0.05, 0) is 31.0 Å². The predicted molar refractivity (Wildman–Crippen MR) is 59.9 cm³/mol. The van der Waals surface area contributed by atoms with Gasteiger partial charge in [-0.2, -0.15) is 13.2 Å². The van der Waals surface area contributed by atoms with E-state index in [0.29, 0.717) is 24.8 Å². The maximum Gasteiger partial charge on any atom is 0.416 e. The summed E-state index contributed by atoms with van der Waals surface area (Å²) in [5.41, 5.74) is -0.907. The Labute approximate surface area is 102 Å². The molecule has 0 amide bonds. The van der Waals surface area contributed by atoms with Gasteiger partial charge in [-0.1, -0.05) is 0 Å². The summed E-state index contributed by atoms with van der Waals surface area (Å²) in [5, 5.41) is 8.86. The first-order valence-corrected chi connectivity index (χ1v) is 5.58. The van der Waals surface area contributed by atoms with E-state index in [1.165, 1.54) is 6.07 Å². The highest BCUT2D eigenvalue weighted by atomic mass is 19.4. The smallest absolute Gasteiger partial charge is 0.416 e. The minimum atomic E-state index is -4.53. The van der Waals surface area contributed by atoms with E-state index in [-0.39, 0.29) is 5.56 Å². The van der Waals surface area contributed by atoms with Crippen molar-refractivity contribution in [2.45, 2.75) is 19.0 Å². The van der Waals surface area contributed by atoms with Gasteiger partial charge in [0.05, 0.1) is 11.1 Å². The molecule has 3 nitrogen and oxygen atoms in total. The van der Waals surface area contributed by atoms with Crippen molar-refractivity contribution in [3.05, 3.63) is 29.3 Å². The Hall–Kier alpha value is -1.72. The molecule has 1 saturated heterocycles. The van der Waals surface area contributed by atoms with Gasteiger partial charge in [0.15, 0.2) is 0 Å². The molecule has 1 aromatic carbocycles. The zero-order valence-corrected chi connectivity index (χ0v) is 9.50. The molecule has 6 heteroatoms. The molecule has 0 aliphatic carbocycles. The molecule has 1 aromatic rings. The number of hydrogen-bond acceptors (Lipinski definition) is 2. The summed E-state index contributed by atoms with van der Waals surface area (Å²) in [4.78, 5) is 12.6.